The fourth-order valence-corrected chi connectivity index (χ4v) is 1.63. The smallest absolute Gasteiger partial charge is 0.224 e. The van der Waals surface area contributed by atoms with Crippen LogP contribution in [0.3, 0.4) is 0 Å². The summed E-state index contributed by atoms with van der Waals surface area (Å²) >= 11 is 0. The number of hydrogen-bond donors (Lipinski definition) is 2. The molecule has 0 saturated carbocycles. The molecule has 0 saturated heterocycles. The van der Waals surface area contributed by atoms with Crippen molar-refractivity contribution in [3.05, 3.63) is 29.3 Å². The molecule has 0 fully saturated rings. The number of carbonyl (C=O) groups excluding carboxylic acids is 1. The van der Waals surface area contributed by atoms with Gasteiger partial charge < -0.3 is 10.4 Å². The fourth-order valence-electron chi connectivity index (χ4n) is 1.63. The van der Waals surface area contributed by atoms with E-state index < -0.39 is 0 Å². The third-order valence-corrected chi connectivity index (χ3v) is 2.43. The highest BCUT2D eigenvalue weighted by atomic mass is 16.2. The van der Waals surface area contributed by atoms with Gasteiger partial charge in [0, 0.05) is 17.7 Å². The summed E-state index contributed by atoms with van der Waals surface area (Å²) in [7, 11) is 0. The lowest BCUT2D eigenvalue weighted by Crippen LogP contribution is -2.11. The molecule has 0 unspecified atom stereocenters. The molecule has 0 heterocycles. The summed E-state index contributed by atoms with van der Waals surface area (Å²) in [6.45, 7) is 3.85. The Morgan fingerprint density at radius 2 is 2.17 bits per heavy atom. The van der Waals surface area contributed by atoms with Gasteiger partial charge in [0.15, 0.2) is 0 Å². The van der Waals surface area contributed by atoms with E-state index in [1.807, 2.05) is 25.1 Å². The van der Waals surface area contributed by atoms with Crippen molar-refractivity contribution in [3.8, 4) is 11.8 Å². The molecule has 0 aliphatic rings. The first-order valence-corrected chi connectivity index (χ1v) is 6.17. The number of hydrogen-bond acceptors (Lipinski definition) is 2. The minimum atomic E-state index is -0.161. The van der Waals surface area contributed by atoms with Crippen LogP contribution in [0.15, 0.2) is 18.2 Å². The van der Waals surface area contributed by atoms with E-state index >= 15 is 0 Å². The lowest BCUT2D eigenvalue weighted by molar-refractivity contribution is -0.116. The summed E-state index contributed by atoms with van der Waals surface area (Å²) in [5, 5.41) is 11.5. The van der Waals surface area contributed by atoms with E-state index in [4.69, 9.17) is 5.11 Å². The van der Waals surface area contributed by atoms with Gasteiger partial charge in [0.25, 0.3) is 0 Å². The number of unbranched alkanes of at least 4 members (excludes halogenated alkanes) is 1. The summed E-state index contributed by atoms with van der Waals surface area (Å²) in [4.78, 5) is 11.6. The van der Waals surface area contributed by atoms with Crippen molar-refractivity contribution in [2.24, 2.45) is 0 Å². The maximum Gasteiger partial charge on any atom is 0.224 e. The Kier molecular flexibility index (Phi) is 5.96. The average molecular weight is 245 g/mol. The number of rotatable bonds is 4. The highest BCUT2D eigenvalue weighted by molar-refractivity contribution is 5.90. The number of anilines is 1. The second-order valence-electron chi connectivity index (χ2n) is 4.20. The van der Waals surface area contributed by atoms with Crippen molar-refractivity contribution < 1.29 is 9.90 Å². The summed E-state index contributed by atoms with van der Waals surface area (Å²) in [6.07, 6.45) is 2.45. The van der Waals surface area contributed by atoms with Crippen LogP contribution >= 0.6 is 0 Å². The first-order chi connectivity index (χ1) is 8.65. The molecule has 0 aliphatic carbocycles. The molecule has 3 nitrogen and oxygen atoms in total. The minimum Gasteiger partial charge on any atom is -0.384 e. The number of benzene rings is 1. The second-order valence-corrected chi connectivity index (χ2v) is 4.20. The molecule has 0 radical (unpaired) electrons. The molecule has 1 aromatic carbocycles. The number of aliphatic hydroxyl groups is 1. The van der Waals surface area contributed by atoms with Crippen molar-refractivity contribution in [3.63, 3.8) is 0 Å². The monoisotopic (exact) mass is 245 g/mol. The quantitative estimate of drug-likeness (QED) is 0.801. The van der Waals surface area contributed by atoms with E-state index in [2.05, 4.69) is 24.1 Å². The topological polar surface area (TPSA) is 49.3 Å². The third-order valence-electron chi connectivity index (χ3n) is 2.43. The number of carbonyl (C=O) groups is 1. The van der Waals surface area contributed by atoms with Crippen LogP contribution in [0.5, 0.6) is 0 Å². The van der Waals surface area contributed by atoms with Gasteiger partial charge in [-0.2, -0.15) is 0 Å². The predicted octanol–water partition coefficient (Wildman–Crippen LogP) is 2.47. The molecule has 0 bridgehead atoms. The summed E-state index contributed by atoms with van der Waals surface area (Å²) < 4.78 is 0. The van der Waals surface area contributed by atoms with Gasteiger partial charge >= 0.3 is 0 Å². The Balaban J connectivity index is 2.76. The number of nitrogens with one attached hydrogen (secondary N) is 1. The fraction of sp³-hybridized carbons (Fsp3) is 0.400. The molecule has 1 aromatic rings. The van der Waals surface area contributed by atoms with Crippen LogP contribution in [0, 0.1) is 18.8 Å². The van der Waals surface area contributed by atoms with Gasteiger partial charge in [0.2, 0.25) is 5.91 Å². The van der Waals surface area contributed by atoms with E-state index in [1.165, 1.54) is 0 Å². The Morgan fingerprint density at radius 1 is 1.39 bits per heavy atom. The van der Waals surface area contributed by atoms with Gasteiger partial charge in [-0.15, -0.1) is 0 Å². The lowest BCUT2D eigenvalue weighted by Gasteiger charge is -2.06. The molecule has 0 spiro atoms. The first kappa shape index (κ1) is 14.3. The Hall–Kier alpha value is -1.79. The Bertz CT molecular complexity index is 469. The first-order valence-electron chi connectivity index (χ1n) is 6.17. The predicted molar refractivity (Wildman–Crippen MR) is 73.3 cm³/mol. The van der Waals surface area contributed by atoms with Gasteiger partial charge in [-0.05, 0) is 37.1 Å². The van der Waals surface area contributed by atoms with Crippen molar-refractivity contribution >= 4 is 11.6 Å². The highest BCUT2D eigenvalue weighted by Gasteiger charge is 2.02. The van der Waals surface area contributed by atoms with E-state index in [0.717, 1.165) is 29.7 Å². The molecule has 0 aliphatic heterocycles. The summed E-state index contributed by atoms with van der Waals surface area (Å²) in [5.74, 6) is 5.47. The lowest BCUT2D eigenvalue weighted by atomic mass is 10.1. The van der Waals surface area contributed by atoms with Gasteiger partial charge in [0.05, 0.1) is 0 Å². The zero-order chi connectivity index (χ0) is 13.4. The zero-order valence-corrected chi connectivity index (χ0v) is 10.9. The van der Waals surface area contributed by atoms with Crippen LogP contribution in [-0.4, -0.2) is 17.6 Å². The number of aryl methyl sites for hydroxylation is 1. The van der Waals surface area contributed by atoms with Crippen LogP contribution in [0.25, 0.3) is 0 Å². The van der Waals surface area contributed by atoms with Gasteiger partial charge in [-0.1, -0.05) is 25.2 Å². The van der Waals surface area contributed by atoms with Gasteiger partial charge in [-0.3, -0.25) is 4.79 Å². The molecule has 1 rings (SSSR count). The van der Waals surface area contributed by atoms with Crippen LogP contribution in [0.1, 0.15) is 37.3 Å². The van der Waals surface area contributed by atoms with Crippen LogP contribution < -0.4 is 5.32 Å². The maximum absolute atomic E-state index is 11.6. The van der Waals surface area contributed by atoms with Crippen LogP contribution in [0.4, 0.5) is 5.69 Å². The number of amides is 1. The molecular formula is C15H19NO2. The molecule has 1 amide bonds. The Labute approximate surface area is 108 Å². The van der Waals surface area contributed by atoms with Crippen LogP contribution in [-0.2, 0) is 4.79 Å². The standard InChI is InChI=1S/C15H19NO2/c1-3-4-7-15(18)16-14-10-12(2)9-13(11-14)6-5-8-17/h9-11,17H,3-4,7-8H2,1-2H3,(H,16,18). The number of aliphatic hydroxyl groups excluding tert-OH is 1. The summed E-state index contributed by atoms with van der Waals surface area (Å²) in [6, 6.07) is 5.65. The normalized spacial score (nSPS) is 9.50. The van der Waals surface area contributed by atoms with Crippen LogP contribution in [0.2, 0.25) is 0 Å². The summed E-state index contributed by atoms with van der Waals surface area (Å²) in [5.41, 5.74) is 2.60. The van der Waals surface area contributed by atoms with Crippen molar-refractivity contribution in [2.45, 2.75) is 33.1 Å². The van der Waals surface area contributed by atoms with Crippen molar-refractivity contribution in [1.82, 2.24) is 0 Å². The SMILES string of the molecule is CCCCC(=O)Nc1cc(C)cc(C#CCO)c1. The van der Waals surface area contributed by atoms with E-state index in [-0.39, 0.29) is 12.5 Å². The second kappa shape index (κ2) is 7.52. The van der Waals surface area contributed by atoms with Crippen molar-refractivity contribution in [1.29, 1.82) is 0 Å². The van der Waals surface area contributed by atoms with E-state index in [9.17, 15) is 4.79 Å². The molecule has 18 heavy (non-hydrogen) atoms. The van der Waals surface area contributed by atoms with Crippen molar-refractivity contribution in [2.75, 3.05) is 11.9 Å². The third kappa shape index (κ3) is 5.03. The minimum absolute atomic E-state index is 0.0310. The molecule has 3 heteroatoms. The largest absolute Gasteiger partial charge is 0.384 e. The Morgan fingerprint density at radius 3 is 2.83 bits per heavy atom. The van der Waals surface area contributed by atoms with E-state index in [1.54, 1.807) is 0 Å². The maximum atomic E-state index is 11.6. The van der Waals surface area contributed by atoms with E-state index in [0.29, 0.717) is 6.42 Å². The molecular weight excluding hydrogens is 226 g/mol. The highest BCUT2D eigenvalue weighted by Crippen LogP contribution is 2.14. The van der Waals surface area contributed by atoms with Gasteiger partial charge in [-0.25, -0.2) is 0 Å². The zero-order valence-electron chi connectivity index (χ0n) is 10.9. The molecule has 0 aromatic heterocycles. The average Bonchev–Trinajstić information content (AvgIpc) is 2.33. The molecule has 2 N–H and O–H groups in total. The van der Waals surface area contributed by atoms with Gasteiger partial charge in [0.1, 0.15) is 6.61 Å². The molecule has 0 atom stereocenters. The molecule has 96 valence electrons.